The number of non-ortho nitro benzene ring substituents is 1. The first kappa shape index (κ1) is 14.0. The van der Waals surface area contributed by atoms with Gasteiger partial charge in [-0.3, -0.25) is 10.1 Å². The van der Waals surface area contributed by atoms with Gasteiger partial charge < -0.3 is 9.88 Å². The van der Waals surface area contributed by atoms with E-state index in [-0.39, 0.29) is 11.4 Å². The van der Waals surface area contributed by atoms with Gasteiger partial charge in [-0.15, -0.1) is 0 Å². The molecule has 0 aliphatic carbocycles. The molecule has 106 valence electrons. The van der Waals surface area contributed by atoms with Gasteiger partial charge in [-0.25, -0.2) is 9.37 Å². The van der Waals surface area contributed by atoms with Crippen LogP contribution in [0.1, 0.15) is 19.0 Å². The second kappa shape index (κ2) is 6.14. The molecule has 2 aromatic rings. The van der Waals surface area contributed by atoms with Crippen molar-refractivity contribution in [2.45, 2.75) is 26.4 Å². The van der Waals surface area contributed by atoms with Crippen LogP contribution in [0.4, 0.5) is 15.8 Å². The molecule has 1 aromatic carbocycles. The highest BCUT2D eigenvalue weighted by molar-refractivity contribution is 5.52. The molecule has 20 heavy (non-hydrogen) atoms. The normalized spacial score (nSPS) is 10.5. The van der Waals surface area contributed by atoms with Gasteiger partial charge in [0, 0.05) is 24.9 Å². The molecule has 0 saturated carbocycles. The van der Waals surface area contributed by atoms with E-state index >= 15 is 0 Å². The zero-order valence-electron chi connectivity index (χ0n) is 11.0. The standard InChI is InChI=1S/C13H15FN4O2/c1-2-5-17-9-15-7-11(17)8-16-13-6-10(18(19)20)3-4-12(13)14/h3-4,6-7,9,16H,2,5,8H2,1H3. The first-order chi connectivity index (χ1) is 9.61. The van der Waals surface area contributed by atoms with Gasteiger partial charge >= 0.3 is 0 Å². The maximum Gasteiger partial charge on any atom is 0.271 e. The molecule has 0 atom stereocenters. The van der Waals surface area contributed by atoms with Crippen LogP contribution in [0.15, 0.2) is 30.7 Å². The van der Waals surface area contributed by atoms with Crippen molar-refractivity contribution < 1.29 is 9.31 Å². The van der Waals surface area contributed by atoms with Crippen molar-refractivity contribution >= 4 is 11.4 Å². The molecule has 0 amide bonds. The Labute approximate surface area is 115 Å². The fourth-order valence-corrected chi connectivity index (χ4v) is 1.89. The number of aromatic nitrogens is 2. The zero-order chi connectivity index (χ0) is 14.5. The molecule has 0 unspecified atom stereocenters. The van der Waals surface area contributed by atoms with Gasteiger partial charge in [0.05, 0.1) is 29.2 Å². The molecule has 0 bridgehead atoms. The fourth-order valence-electron chi connectivity index (χ4n) is 1.89. The topological polar surface area (TPSA) is 73.0 Å². The number of hydrogen-bond donors (Lipinski definition) is 1. The summed E-state index contributed by atoms with van der Waals surface area (Å²) in [7, 11) is 0. The predicted octanol–water partition coefficient (Wildman–Crippen LogP) is 2.95. The number of nitro groups is 1. The summed E-state index contributed by atoms with van der Waals surface area (Å²) in [6.07, 6.45) is 4.37. The second-order valence-corrected chi connectivity index (χ2v) is 4.35. The molecule has 0 fully saturated rings. The Kier molecular flexibility index (Phi) is 4.29. The van der Waals surface area contributed by atoms with Crippen LogP contribution in [0.5, 0.6) is 0 Å². The minimum atomic E-state index is -0.550. The van der Waals surface area contributed by atoms with Crippen LogP contribution >= 0.6 is 0 Å². The Morgan fingerprint density at radius 3 is 3.00 bits per heavy atom. The number of nitrogens with zero attached hydrogens (tertiary/aromatic N) is 3. The average molecular weight is 278 g/mol. The van der Waals surface area contributed by atoms with Gasteiger partial charge in [0.1, 0.15) is 5.82 Å². The third-order valence-corrected chi connectivity index (χ3v) is 2.88. The molecular formula is C13H15FN4O2. The summed E-state index contributed by atoms with van der Waals surface area (Å²) in [5.41, 5.74) is 0.872. The third-order valence-electron chi connectivity index (χ3n) is 2.88. The van der Waals surface area contributed by atoms with Crippen LogP contribution < -0.4 is 5.32 Å². The molecule has 0 spiro atoms. The van der Waals surface area contributed by atoms with E-state index in [1.165, 1.54) is 6.07 Å². The molecule has 0 saturated heterocycles. The smallest absolute Gasteiger partial charge is 0.271 e. The van der Waals surface area contributed by atoms with Gasteiger partial charge in [0.15, 0.2) is 0 Å². The van der Waals surface area contributed by atoms with Crippen LogP contribution in [-0.2, 0) is 13.1 Å². The van der Waals surface area contributed by atoms with Crippen LogP contribution in [-0.4, -0.2) is 14.5 Å². The van der Waals surface area contributed by atoms with Crippen molar-refractivity contribution in [1.29, 1.82) is 0 Å². The summed E-state index contributed by atoms with van der Waals surface area (Å²) in [6, 6.07) is 3.42. The van der Waals surface area contributed by atoms with Crippen molar-refractivity contribution in [3.63, 3.8) is 0 Å². The van der Waals surface area contributed by atoms with Crippen molar-refractivity contribution in [3.8, 4) is 0 Å². The molecule has 0 radical (unpaired) electrons. The quantitative estimate of drug-likeness (QED) is 0.651. The third kappa shape index (κ3) is 3.11. The van der Waals surface area contributed by atoms with E-state index in [9.17, 15) is 14.5 Å². The second-order valence-electron chi connectivity index (χ2n) is 4.35. The van der Waals surface area contributed by atoms with E-state index < -0.39 is 10.7 Å². The van der Waals surface area contributed by atoms with Gasteiger partial charge in [-0.05, 0) is 12.5 Å². The lowest BCUT2D eigenvalue weighted by atomic mass is 10.2. The van der Waals surface area contributed by atoms with Crippen LogP contribution in [0.2, 0.25) is 0 Å². The number of nitro benzene ring substituents is 1. The van der Waals surface area contributed by atoms with Crippen LogP contribution in [0.25, 0.3) is 0 Å². The number of halogens is 1. The van der Waals surface area contributed by atoms with E-state index in [2.05, 4.69) is 17.2 Å². The highest BCUT2D eigenvalue weighted by Crippen LogP contribution is 2.21. The van der Waals surface area contributed by atoms with Gasteiger partial charge in [0.25, 0.3) is 5.69 Å². The number of aryl methyl sites for hydroxylation is 1. The monoisotopic (exact) mass is 278 g/mol. The van der Waals surface area contributed by atoms with Gasteiger partial charge in [0.2, 0.25) is 0 Å². The molecule has 0 aliphatic rings. The average Bonchev–Trinajstić information content (AvgIpc) is 2.85. The Morgan fingerprint density at radius 2 is 2.30 bits per heavy atom. The Morgan fingerprint density at radius 1 is 1.50 bits per heavy atom. The number of rotatable bonds is 6. The van der Waals surface area contributed by atoms with Crippen molar-refractivity contribution in [2.24, 2.45) is 0 Å². The lowest BCUT2D eigenvalue weighted by Crippen LogP contribution is -2.08. The summed E-state index contributed by atoms with van der Waals surface area (Å²) < 4.78 is 15.6. The Hall–Kier alpha value is -2.44. The van der Waals surface area contributed by atoms with E-state index in [0.29, 0.717) is 6.54 Å². The number of hydrogen-bond acceptors (Lipinski definition) is 4. The summed E-state index contributed by atoms with van der Waals surface area (Å²) in [4.78, 5) is 14.2. The van der Waals surface area contributed by atoms with E-state index in [4.69, 9.17) is 0 Å². The number of benzene rings is 1. The lowest BCUT2D eigenvalue weighted by Gasteiger charge is -2.09. The number of nitrogens with one attached hydrogen (secondary N) is 1. The molecule has 7 heteroatoms. The Bertz CT molecular complexity index is 612. The molecule has 2 rings (SSSR count). The largest absolute Gasteiger partial charge is 0.377 e. The highest BCUT2D eigenvalue weighted by Gasteiger charge is 2.11. The summed E-state index contributed by atoms with van der Waals surface area (Å²) in [6.45, 7) is 3.24. The first-order valence-electron chi connectivity index (χ1n) is 6.28. The zero-order valence-corrected chi connectivity index (χ0v) is 11.0. The molecule has 1 N–H and O–H groups in total. The fraction of sp³-hybridized carbons (Fsp3) is 0.308. The SMILES string of the molecule is CCCn1cncc1CNc1cc([N+](=O)[O-])ccc1F. The first-order valence-corrected chi connectivity index (χ1v) is 6.28. The van der Waals surface area contributed by atoms with Crippen LogP contribution in [0, 0.1) is 15.9 Å². The van der Waals surface area contributed by atoms with E-state index in [1.807, 2.05) is 4.57 Å². The summed E-state index contributed by atoms with van der Waals surface area (Å²) >= 11 is 0. The lowest BCUT2D eigenvalue weighted by molar-refractivity contribution is -0.384. The Balaban J connectivity index is 2.12. The number of anilines is 1. The molecule has 6 nitrogen and oxygen atoms in total. The number of imidazole rings is 1. The van der Waals surface area contributed by atoms with Crippen molar-refractivity contribution in [1.82, 2.24) is 9.55 Å². The summed E-state index contributed by atoms with van der Waals surface area (Å²) in [5.74, 6) is -0.517. The van der Waals surface area contributed by atoms with Crippen molar-refractivity contribution in [3.05, 3.63) is 52.3 Å². The van der Waals surface area contributed by atoms with Crippen LogP contribution in [0.3, 0.4) is 0 Å². The van der Waals surface area contributed by atoms with Crippen molar-refractivity contribution in [2.75, 3.05) is 5.32 Å². The van der Waals surface area contributed by atoms with Gasteiger partial charge in [-0.1, -0.05) is 6.92 Å². The van der Waals surface area contributed by atoms with E-state index in [0.717, 1.165) is 30.8 Å². The predicted molar refractivity (Wildman–Crippen MR) is 72.9 cm³/mol. The minimum absolute atomic E-state index is 0.114. The molecular weight excluding hydrogens is 263 g/mol. The van der Waals surface area contributed by atoms with E-state index in [1.54, 1.807) is 12.5 Å². The highest BCUT2D eigenvalue weighted by atomic mass is 19.1. The van der Waals surface area contributed by atoms with Gasteiger partial charge in [-0.2, -0.15) is 0 Å². The molecule has 0 aliphatic heterocycles. The molecule has 1 heterocycles. The summed E-state index contributed by atoms with van der Waals surface area (Å²) in [5, 5.41) is 13.5. The maximum absolute atomic E-state index is 13.6. The maximum atomic E-state index is 13.6. The molecule has 1 aromatic heterocycles. The minimum Gasteiger partial charge on any atom is -0.377 e.